The Morgan fingerprint density at radius 3 is 2.68 bits per heavy atom. The van der Waals surface area contributed by atoms with Crippen molar-refractivity contribution in [1.29, 1.82) is 0 Å². The van der Waals surface area contributed by atoms with E-state index in [0.717, 1.165) is 30.0 Å². The predicted octanol–water partition coefficient (Wildman–Crippen LogP) is 3.40. The number of thioether (sulfide) groups is 1. The number of hydrogen-bond acceptors (Lipinski definition) is 6. The molecule has 0 fully saturated rings. The van der Waals surface area contributed by atoms with E-state index >= 15 is 0 Å². The van der Waals surface area contributed by atoms with Crippen LogP contribution in [0.3, 0.4) is 0 Å². The SMILES string of the molecule is Cn1c(SCC(=O)Nc2cc([N+](=O)[O-])ccc2F)nnc1-c1ccccc1F. The normalized spacial score (nSPS) is 10.7. The van der Waals surface area contributed by atoms with Crippen molar-refractivity contribution in [3.8, 4) is 11.4 Å². The van der Waals surface area contributed by atoms with Crippen LogP contribution in [0.5, 0.6) is 0 Å². The van der Waals surface area contributed by atoms with Crippen LogP contribution in [0, 0.1) is 21.7 Å². The molecular formula is C17H13F2N5O3S. The highest BCUT2D eigenvalue weighted by Gasteiger charge is 2.17. The average molecular weight is 405 g/mol. The van der Waals surface area contributed by atoms with Crippen LogP contribution in [-0.2, 0) is 11.8 Å². The van der Waals surface area contributed by atoms with E-state index in [-0.39, 0.29) is 22.7 Å². The molecule has 11 heteroatoms. The summed E-state index contributed by atoms with van der Waals surface area (Å²) < 4.78 is 29.2. The monoisotopic (exact) mass is 405 g/mol. The van der Waals surface area contributed by atoms with Gasteiger partial charge in [-0.15, -0.1) is 10.2 Å². The second kappa shape index (κ2) is 8.13. The number of carbonyl (C=O) groups excluding carboxylic acids is 1. The Balaban J connectivity index is 1.68. The van der Waals surface area contributed by atoms with Crippen molar-refractivity contribution in [3.05, 3.63) is 64.2 Å². The first-order valence-electron chi connectivity index (χ1n) is 7.87. The van der Waals surface area contributed by atoms with Gasteiger partial charge in [-0.2, -0.15) is 0 Å². The fraction of sp³-hybridized carbons (Fsp3) is 0.118. The second-order valence-electron chi connectivity index (χ2n) is 5.60. The molecule has 0 bridgehead atoms. The van der Waals surface area contributed by atoms with Crippen LogP contribution >= 0.6 is 11.8 Å². The van der Waals surface area contributed by atoms with E-state index < -0.39 is 22.5 Å². The Hall–Kier alpha value is -3.34. The van der Waals surface area contributed by atoms with Crippen LogP contribution in [-0.4, -0.2) is 31.3 Å². The van der Waals surface area contributed by atoms with Gasteiger partial charge in [0.1, 0.15) is 11.6 Å². The van der Waals surface area contributed by atoms with Gasteiger partial charge in [0, 0.05) is 19.2 Å². The van der Waals surface area contributed by atoms with Gasteiger partial charge in [0.2, 0.25) is 5.91 Å². The van der Waals surface area contributed by atoms with Crippen molar-refractivity contribution >= 4 is 29.0 Å². The zero-order valence-electron chi connectivity index (χ0n) is 14.4. The maximum atomic E-state index is 13.9. The number of halogens is 2. The molecule has 1 amide bonds. The van der Waals surface area contributed by atoms with Gasteiger partial charge in [-0.1, -0.05) is 23.9 Å². The van der Waals surface area contributed by atoms with Crippen LogP contribution in [0.2, 0.25) is 0 Å². The number of nitrogens with zero attached hydrogens (tertiary/aromatic N) is 4. The zero-order chi connectivity index (χ0) is 20.3. The number of hydrogen-bond donors (Lipinski definition) is 1. The number of nitro groups is 1. The van der Waals surface area contributed by atoms with Gasteiger partial charge in [0.25, 0.3) is 5.69 Å². The number of non-ortho nitro benzene ring substituents is 1. The number of anilines is 1. The van der Waals surface area contributed by atoms with Gasteiger partial charge < -0.3 is 9.88 Å². The van der Waals surface area contributed by atoms with Crippen LogP contribution in [0.25, 0.3) is 11.4 Å². The molecule has 0 unspecified atom stereocenters. The fourth-order valence-electron chi connectivity index (χ4n) is 2.36. The number of nitro benzene ring substituents is 1. The van der Waals surface area contributed by atoms with Gasteiger partial charge in [-0.25, -0.2) is 8.78 Å². The molecule has 1 N–H and O–H groups in total. The van der Waals surface area contributed by atoms with Gasteiger partial charge >= 0.3 is 0 Å². The molecule has 0 spiro atoms. The summed E-state index contributed by atoms with van der Waals surface area (Å²) in [6.07, 6.45) is 0. The van der Waals surface area contributed by atoms with E-state index in [0.29, 0.717) is 11.0 Å². The maximum absolute atomic E-state index is 13.9. The molecule has 0 aliphatic carbocycles. The lowest BCUT2D eigenvalue weighted by atomic mass is 10.2. The quantitative estimate of drug-likeness (QED) is 0.383. The van der Waals surface area contributed by atoms with E-state index in [1.165, 1.54) is 10.6 Å². The number of rotatable bonds is 6. The molecule has 3 aromatic rings. The molecule has 0 radical (unpaired) electrons. The molecule has 1 heterocycles. The van der Waals surface area contributed by atoms with E-state index in [2.05, 4.69) is 15.5 Å². The topological polar surface area (TPSA) is 103 Å². The molecule has 0 saturated heterocycles. The number of benzene rings is 2. The van der Waals surface area contributed by atoms with Gasteiger partial charge in [-0.05, 0) is 18.2 Å². The first kappa shape index (κ1) is 19.4. The van der Waals surface area contributed by atoms with E-state index in [1.54, 1.807) is 25.2 Å². The summed E-state index contributed by atoms with van der Waals surface area (Å²) in [7, 11) is 1.63. The summed E-state index contributed by atoms with van der Waals surface area (Å²) in [6.45, 7) is 0. The Kier molecular flexibility index (Phi) is 5.64. The molecule has 3 rings (SSSR count). The minimum Gasteiger partial charge on any atom is -0.323 e. The van der Waals surface area contributed by atoms with Crippen molar-refractivity contribution in [2.45, 2.75) is 5.16 Å². The van der Waals surface area contributed by atoms with Gasteiger partial charge in [-0.3, -0.25) is 14.9 Å². The Labute approximate surface area is 161 Å². The average Bonchev–Trinajstić information content (AvgIpc) is 3.02. The van der Waals surface area contributed by atoms with Crippen molar-refractivity contribution in [3.63, 3.8) is 0 Å². The minimum atomic E-state index is -0.788. The summed E-state index contributed by atoms with van der Waals surface area (Å²) in [5.41, 5.74) is -0.357. The molecular weight excluding hydrogens is 392 g/mol. The summed E-state index contributed by atoms with van der Waals surface area (Å²) >= 11 is 1.01. The van der Waals surface area contributed by atoms with Crippen molar-refractivity contribution in [2.24, 2.45) is 7.05 Å². The zero-order valence-corrected chi connectivity index (χ0v) is 15.2. The fourth-order valence-corrected chi connectivity index (χ4v) is 3.07. The lowest BCUT2D eigenvalue weighted by molar-refractivity contribution is -0.384. The molecule has 144 valence electrons. The summed E-state index contributed by atoms with van der Waals surface area (Å²) in [6, 6.07) is 8.94. The number of nitrogens with one attached hydrogen (secondary N) is 1. The third-order valence-corrected chi connectivity index (χ3v) is 4.74. The highest BCUT2D eigenvalue weighted by molar-refractivity contribution is 7.99. The Morgan fingerprint density at radius 1 is 1.21 bits per heavy atom. The smallest absolute Gasteiger partial charge is 0.271 e. The largest absolute Gasteiger partial charge is 0.323 e. The van der Waals surface area contributed by atoms with Crippen molar-refractivity contribution < 1.29 is 18.5 Å². The lowest BCUT2D eigenvalue weighted by Gasteiger charge is -2.07. The molecule has 0 atom stereocenters. The predicted molar refractivity (Wildman–Crippen MR) is 98.8 cm³/mol. The van der Waals surface area contributed by atoms with Gasteiger partial charge in [0.15, 0.2) is 11.0 Å². The van der Waals surface area contributed by atoms with E-state index in [9.17, 15) is 23.7 Å². The highest BCUT2D eigenvalue weighted by Crippen LogP contribution is 2.25. The number of aromatic nitrogens is 3. The molecule has 0 aliphatic heterocycles. The summed E-state index contributed by atoms with van der Waals surface area (Å²) in [4.78, 5) is 22.2. The van der Waals surface area contributed by atoms with Gasteiger partial charge in [0.05, 0.1) is 21.9 Å². The highest BCUT2D eigenvalue weighted by atomic mass is 32.2. The molecule has 0 aliphatic rings. The molecule has 2 aromatic carbocycles. The standard InChI is InChI=1S/C17H13F2N5O3S/c1-23-16(11-4-2-3-5-12(11)18)21-22-17(23)28-9-15(25)20-14-8-10(24(26)27)6-7-13(14)19/h2-8H,9H2,1H3,(H,20,25). The summed E-state index contributed by atoms with van der Waals surface area (Å²) in [5.74, 6) is -1.67. The van der Waals surface area contributed by atoms with Crippen LogP contribution in [0.4, 0.5) is 20.2 Å². The Morgan fingerprint density at radius 2 is 1.96 bits per heavy atom. The first-order valence-corrected chi connectivity index (χ1v) is 8.86. The van der Waals surface area contributed by atoms with E-state index in [1.807, 2.05) is 0 Å². The molecule has 28 heavy (non-hydrogen) atoms. The number of carbonyl (C=O) groups is 1. The second-order valence-corrected chi connectivity index (χ2v) is 6.55. The van der Waals surface area contributed by atoms with Crippen LogP contribution in [0.1, 0.15) is 0 Å². The van der Waals surface area contributed by atoms with Crippen LogP contribution < -0.4 is 5.32 Å². The molecule has 0 saturated carbocycles. The molecule has 1 aromatic heterocycles. The lowest BCUT2D eigenvalue weighted by Crippen LogP contribution is -2.15. The Bertz CT molecular complexity index is 1060. The van der Waals surface area contributed by atoms with Crippen molar-refractivity contribution in [2.75, 3.05) is 11.1 Å². The third-order valence-electron chi connectivity index (χ3n) is 3.72. The van der Waals surface area contributed by atoms with Crippen molar-refractivity contribution in [1.82, 2.24) is 14.8 Å². The maximum Gasteiger partial charge on any atom is 0.271 e. The minimum absolute atomic E-state index is 0.147. The first-order chi connectivity index (χ1) is 13.4. The third kappa shape index (κ3) is 4.14. The van der Waals surface area contributed by atoms with Crippen LogP contribution in [0.15, 0.2) is 47.6 Å². The van der Waals surface area contributed by atoms with E-state index in [4.69, 9.17) is 0 Å². The molecule has 8 nitrogen and oxygen atoms in total. The summed E-state index contributed by atoms with van der Waals surface area (Å²) in [5, 5.41) is 21.3. The number of amides is 1.